The van der Waals surface area contributed by atoms with Crippen LogP contribution in [0.3, 0.4) is 0 Å². The third-order valence-corrected chi connectivity index (χ3v) is 2.33. The largest absolute Gasteiger partial charge is 0.397 e. The van der Waals surface area contributed by atoms with Gasteiger partial charge in [0.15, 0.2) is 0 Å². The fourth-order valence-corrected chi connectivity index (χ4v) is 1.35. The van der Waals surface area contributed by atoms with Gasteiger partial charge in [-0.3, -0.25) is 4.79 Å². The maximum Gasteiger partial charge on any atom is 0.242 e. The maximum absolute atomic E-state index is 11.7. The summed E-state index contributed by atoms with van der Waals surface area (Å²) in [6, 6.07) is 3.05. The Morgan fingerprint density at radius 3 is 3.00 bits per heavy atom. The van der Waals surface area contributed by atoms with E-state index in [1.165, 1.54) is 12.3 Å². The fourth-order valence-electron chi connectivity index (χ4n) is 1.35. The highest BCUT2D eigenvalue weighted by atomic mass is 16.2. The summed E-state index contributed by atoms with van der Waals surface area (Å²) < 4.78 is 0. The molecule has 4 N–H and O–H groups in total. The molecule has 1 aromatic rings. The van der Waals surface area contributed by atoms with Crippen molar-refractivity contribution in [3.8, 4) is 6.07 Å². The normalized spacial score (nSPS) is 11.4. The molecule has 0 aliphatic carbocycles. The van der Waals surface area contributed by atoms with E-state index in [0.717, 1.165) is 6.42 Å². The smallest absolute Gasteiger partial charge is 0.242 e. The lowest BCUT2D eigenvalue weighted by Gasteiger charge is -2.15. The minimum atomic E-state index is -0.459. The van der Waals surface area contributed by atoms with Gasteiger partial charge in [0.1, 0.15) is 17.9 Å². The van der Waals surface area contributed by atoms with Gasteiger partial charge in [-0.15, -0.1) is 0 Å². The second kappa shape index (κ2) is 6.45. The van der Waals surface area contributed by atoms with E-state index < -0.39 is 6.04 Å². The first-order valence-electron chi connectivity index (χ1n) is 5.78. The molecule has 1 amide bonds. The van der Waals surface area contributed by atoms with Gasteiger partial charge in [0.05, 0.1) is 17.4 Å². The average Bonchev–Trinajstić information content (AvgIpc) is 2.37. The van der Waals surface area contributed by atoms with E-state index in [-0.39, 0.29) is 5.91 Å². The number of anilines is 2. The highest BCUT2D eigenvalue weighted by molar-refractivity contribution is 5.84. The van der Waals surface area contributed by atoms with Gasteiger partial charge in [-0.05, 0) is 19.4 Å². The first-order chi connectivity index (χ1) is 8.58. The number of pyridine rings is 1. The van der Waals surface area contributed by atoms with Crippen LogP contribution in [0.4, 0.5) is 11.5 Å². The second-order valence-corrected chi connectivity index (χ2v) is 3.93. The molecular formula is C12H17N5O. The molecule has 1 heterocycles. The molecule has 0 aliphatic heterocycles. The van der Waals surface area contributed by atoms with Crippen molar-refractivity contribution in [2.45, 2.75) is 26.3 Å². The number of nitrogens with zero attached hydrogens (tertiary/aromatic N) is 2. The Labute approximate surface area is 106 Å². The molecule has 1 unspecified atom stereocenters. The van der Waals surface area contributed by atoms with E-state index in [4.69, 9.17) is 11.0 Å². The van der Waals surface area contributed by atoms with Crippen molar-refractivity contribution in [3.63, 3.8) is 0 Å². The third-order valence-electron chi connectivity index (χ3n) is 2.33. The number of nitriles is 1. The van der Waals surface area contributed by atoms with Gasteiger partial charge in [0.2, 0.25) is 5.91 Å². The topological polar surface area (TPSA) is 104 Å². The SMILES string of the molecule is CCCNC(=O)C(C)Nc1ncc(N)cc1C#N. The number of hydrogen-bond donors (Lipinski definition) is 3. The molecule has 96 valence electrons. The zero-order chi connectivity index (χ0) is 13.5. The van der Waals surface area contributed by atoms with Crippen LogP contribution in [0.25, 0.3) is 0 Å². The molecule has 0 radical (unpaired) electrons. The van der Waals surface area contributed by atoms with Crippen molar-refractivity contribution in [3.05, 3.63) is 17.8 Å². The first kappa shape index (κ1) is 13.8. The summed E-state index contributed by atoms with van der Waals surface area (Å²) in [6.45, 7) is 4.32. The lowest BCUT2D eigenvalue weighted by Crippen LogP contribution is -2.38. The van der Waals surface area contributed by atoms with E-state index in [0.29, 0.717) is 23.6 Å². The molecule has 1 atom stereocenters. The number of carbonyl (C=O) groups is 1. The Kier molecular flexibility index (Phi) is 4.93. The minimum absolute atomic E-state index is 0.126. The number of nitrogens with two attached hydrogens (primary N) is 1. The second-order valence-electron chi connectivity index (χ2n) is 3.93. The zero-order valence-corrected chi connectivity index (χ0v) is 10.5. The van der Waals surface area contributed by atoms with E-state index >= 15 is 0 Å². The zero-order valence-electron chi connectivity index (χ0n) is 10.5. The first-order valence-corrected chi connectivity index (χ1v) is 5.78. The number of amides is 1. The van der Waals surface area contributed by atoms with Crippen LogP contribution in [0.1, 0.15) is 25.8 Å². The number of hydrogen-bond acceptors (Lipinski definition) is 5. The van der Waals surface area contributed by atoms with Gasteiger partial charge in [0.25, 0.3) is 0 Å². The van der Waals surface area contributed by atoms with Crippen molar-refractivity contribution >= 4 is 17.4 Å². The van der Waals surface area contributed by atoms with Crippen LogP contribution in [0.5, 0.6) is 0 Å². The van der Waals surface area contributed by atoms with Crippen molar-refractivity contribution in [1.82, 2.24) is 10.3 Å². The average molecular weight is 247 g/mol. The van der Waals surface area contributed by atoms with Crippen LogP contribution < -0.4 is 16.4 Å². The highest BCUT2D eigenvalue weighted by Crippen LogP contribution is 2.15. The summed E-state index contributed by atoms with van der Waals surface area (Å²) in [4.78, 5) is 15.7. The molecule has 0 saturated carbocycles. The number of aromatic nitrogens is 1. The molecule has 0 aliphatic rings. The molecule has 1 aromatic heterocycles. The Bertz CT molecular complexity index is 466. The molecular weight excluding hydrogens is 230 g/mol. The van der Waals surface area contributed by atoms with Gasteiger partial charge >= 0.3 is 0 Å². The molecule has 0 bridgehead atoms. The van der Waals surface area contributed by atoms with Crippen LogP contribution in [-0.2, 0) is 4.79 Å². The lowest BCUT2D eigenvalue weighted by atomic mass is 10.2. The molecule has 6 nitrogen and oxygen atoms in total. The third kappa shape index (κ3) is 3.63. The van der Waals surface area contributed by atoms with Crippen LogP contribution in [-0.4, -0.2) is 23.5 Å². The van der Waals surface area contributed by atoms with E-state index in [1.807, 2.05) is 13.0 Å². The predicted molar refractivity (Wildman–Crippen MR) is 69.7 cm³/mol. The summed E-state index contributed by atoms with van der Waals surface area (Å²) >= 11 is 0. The Morgan fingerprint density at radius 2 is 2.39 bits per heavy atom. The predicted octanol–water partition coefficient (Wildman–Crippen LogP) is 0.862. The van der Waals surface area contributed by atoms with Crippen molar-refractivity contribution in [2.24, 2.45) is 0 Å². The van der Waals surface area contributed by atoms with Crippen molar-refractivity contribution < 1.29 is 4.79 Å². The van der Waals surface area contributed by atoms with Crippen LogP contribution in [0, 0.1) is 11.3 Å². The van der Waals surface area contributed by atoms with Crippen molar-refractivity contribution in [1.29, 1.82) is 5.26 Å². The van der Waals surface area contributed by atoms with Gasteiger partial charge < -0.3 is 16.4 Å². The number of nitrogen functional groups attached to an aromatic ring is 1. The molecule has 1 rings (SSSR count). The van der Waals surface area contributed by atoms with Gasteiger partial charge in [0, 0.05) is 6.54 Å². The Hall–Kier alpha value is -2.29. The van der Waals surface area contributed by atoms with Crippen LogP contribution >= 0.6 is 0 Å². The monoisotopic (exact) mass is 247 g/mol. The lowest BCUT2D eigenvalue weighted by molar-refractivity contribution is -0.121. The number of rotatable bonds is 5. The molecule has 0 saturated heterocycles. The van der Waals surface area contributed by atoms with E-state index in [9.17, 15) is 4.79 Å². The van der Waals surface area contributed by atoms with E-state index in [2.05, 4.69) is 15.6 Å². The van der Waals surface area contributed by atoms with E-state index in [1.54, 1.807) is 6.92 Å². The van der Waals surface area contributed by atoms with Crippen LogP contribution in [0.2, 0.25) is 0 Å². The highest BCUT2D eigenvalue weighted by Gasteiger charge is 2.14. The molecule has 18 heavy (non-hydrogen) atoms. The van der Waals surface area contributed by atoms with Gasteiger partial charge in [-0.25, -0.2) is 4.98 Å². The van der Waals surface area contributed by atoms with Gasteiger partial charge in [-0.1, -0.05) is 6.92 Å². The maximum atomic E-state index is 11.7. The number of carbonyl (C=O) groups excluding carboxylic acids is 1. The molecule has 0 spiro atoms. The number of nitrogens with one attached hydrogen (secondary N) is 2. The van der Waals surface area contributed by atoms with Crippen molar-refractivity contribution in [2.75, 3.05) is 17.6 Å². The summed E-state index contributed by atoms with van der Waals surface area (Å²) in [5.74, 6) is 0.241. The molecule has 0 aromatic carbocycles. The summed E-state index contributed by atoms with van der Waals surface area (Å²) in [6.07, 6.45) is 2.32. The fraction of sp³-hybridized carbons (Fsp3) is 0.417. The Balaban J connectivity index is 2.73. The summed E-state index contributed by atoms with van der Waals surface area (Å²) in [5.41, 5.74) is 6.28. The van der Waals surface area contributed by atoms with Gasteiger partial charge in [-0.2, -0.15) is 5.26 Å². The van der Waals surface area contributed by atoms with Crippen LogP contribution in [0.15, 0.2) is 12.3 Å². The molecule has 6 heteroatoms. The minimum Gasteiger partial charge on any atom is -0.397 e. The standard InChI is InChI=1S/C12H17N5O/c1-3-4-15-12(18)8(2)17-11-9(6-13)5-10(14)7-16-11/h5,7-8H,3-4,14H2,1-2H3,(H,15,18)(H,16,17). The quantitative estimate of drug-likeness (QED) is 0.716. The Morgan fingerprint density at radius 1 is 1.67 bits per heavy atom. The molecule has 0 fully saturated rings. The summed E-state index contributed by atoms with van der Waals surface area (Å²) in [5, 5.41) is 14.6. The summed E-state index contributed by atoms with van der Waals surface area (Å²) in [7, 11) is 0.